The topological polar surface area (TPSA) is 66.6 Å². The predicted octanol–water partition coefficient (Wildman–Crippen LogP) is 3.53. The standard InChI is InChI=1S/C22H25N3O2/c23-15-16-4-3-5-17(14-16)20-11-12-22(27)25(20)19-9-7-18(8-10-19)24-13-2-1-6-21(24)26/h3-5,7-10,14,20H,1-2,6,11-13,15,23H2/t20-/m0/s1. The van der Waals surface area contributed by atoms with Crippen molar-refractivity contribution < 1.29 is 9.59 Å². The second-order valence-corrected chi connectivity index (χ2v) is 7.29. The molecule has 1 atom stereocenters. The van der Waals surface area contributed by atoms with E-state index in [4.69, 9.17) is 5.73 Å². The summed E-state index contributed by atoms with van der Waals surface area (Å²) in [7, 11) is 0. The lowest BCUT2D eigenvalue weighted by Crippen LogP contribution is -2.35. The first-order valence-corrected chi connectivity index (χ1v) is 9.69. The summed E-state index contributed by atoms with van der Waals surface area (Å²) in [4.78, 5) is 28.5. The minimum atomic E-state index is 0.0338. The Kier molecular flexibility index (Phi) is 4.94. The van der Waals surface area contributed by atoms with E-state index in [0.717, 1.165) is 48.3 Å². The summed E-state index contributed by atoms with van der Waals surface area (Å²) in [6.07, 6.45) is 3.98. The van der Waals surface area contributed by atoms with Crippen molar-refractivity contribution in [1.82, 2.24) is 0 Å². The lowest BCUT2D eigenvalue weighted by molar-refractivity contribution is -0.119. The zero-order valence-electron chi connectivity index (χ0n) is 15.4. The van der Waals surface area contributed by atoms with Gasteiger partial charge in [-0.1, -0.05) is 24.3 Å². The number of anilines is 2. The van der Waals surface area contributed by atoms with Crippen molar-refractivity contribution in [2.24, 2.45) is 5.73 Å². The summed E-state index contributed by atoms with van der Waals surface area (Å²) in [5.74, 6) is 0.322. The maximum atomic E-state index is 12.6. The highest BCUT2D eigenvalue weighted by atomic mass is 16.2. The third-order valence-corrected chi connectivity index (χ3v) is 5.55. The molecule has 0 saturated carbocycles. The molecule has 2 fully saturated rings. The second-order valence-electron chi connectivity index (χ2n) is 7.29. The van der Waals surface area contributed by atoms with E-state index in [9.17, 15) is 9.59 Å². The number of rotatable bonds is 4. The van der Waals surface area contributed by atoms with E-state index < -0.39 is 0 Å². The van der Waals surface area contributed by atoms with E-state index in [2.05, 4.69) is 12.1 Å². The molecular formula is C22H25N3O2. The fourth-order valence-corrected chi connectivity index (χ4v) is 4.12. The number of carbonyl (C=O) groups is 2. The van der Waals surface area contributed by atoms with Crippen LogP contribution in [0.15, 0.2) is 48.5 Å². The van der Waals surface area contributed by atoms with Gasteiger partial charge in [0.25, 0.3) is 0 Å². The number of carbonyl (C=O) groups excluding carboxylic acids is 2. The number of nitrogens with two attached hydrogens (primary N) is 1. The van der Waals surface area contributed by atoms with Crippen molar-refractivity contribution in [2.75, 3.05) is 16.3 Å². The predicted molar refractivity (Wildman–Crippen MR) is 106 cm³/mol. The SMILES string of the molecule is NCc1cccc([C@@H]2CCC(=O)N2c2ccc(N3CCCCC3=O)cc2)c1. The Hall–Kier alpha value is -2.66. The summed E-state index contributed by atoms with van der Waals surface area (Å²) in [5.41, 5.74) is 9.77. The summed E-state index contributed by atoms with van der Waals surface area (Å²) in [6, 6.07) is 16.0. The number of nitrogens with zero attached hydrogens (tertiary/aromatic N) is 2. The number of hydrogen-bond acceptors (Lipinski definition) is 3. The fraction of sp³-hybridized carbons (Fsp3) is 0.364. The van der Waals surface area contributed by atoms with E-state index in [1.807, 2.05) is 46.2 Å². The summed E-state index contributed by atoms with van der Waals surface area (Å²) < 4.78 is 0. The van der Waals surface area contributed by atoms with E-state index in [1.54, 1.807) is 0 Å². The van der Waals surface area contributed by atoms with Crippen molar-refractivity contribution in [3.8, 4) is 0 Å². The van der Waals surface area contributed by atoms with Crippen LogP contribution in [0, 0.1) is 0 Å². The highest BCUT2D eigenvalue weighted by Gasteiger charge is 2.33. The highest BCUT2D eigenvalue weighted by Crippen LogP contribution is 2.38. The molecule has 0 unspecified atom stereocenters. The Morgan fingerprint density at radius 1 is 0.926 bits per heavy atom. The molecular weight excluding hydrogens is 338 g/mol. The Balaban J connectivity index is 1.60. The maximum absolute atomic E-state index is 12.6. The van der Waals surface area contributed by atoms with Gasteiger partial charge < -0.3 is 15.5 Å². The normalized spacial score (nSPS) is 20.4. The van der Waals surface area contributed by atoms with E-state index in [0.29, 0.717) is 19.4 Å². The molecule has 2 aliphatic heterocycles. The number of hydrogen-bond donors (Lipinski definition) is 1. The first kappa shape index (κ1) is 17.7. The second kappa shape index (κ2) is 7.53. The zero-order chi connectivity index (χ0) is 18.8. The van der Waals surface area contributed by atoms with Crippen LogP contribution in [0.25, 0.3) is 0 Å². The Morgan fingerprint density at radius 2 is 1.70 bits per heavy atom. The average molecular weight is 363 g/mol. The molecule has 5 nitrogen and oxygen atoms in total. The number of piperidine rings is 1. The third kappa shape index (κ3) is 3.47. The van der Waals surface area contributed by atoms with Gasteiger partial charge in [-0.3, -0.25) is 9.59 Å². The average Bonchev–Trinajstić information content (AvgIpc) is 3.10. The molecule has 0 bridgehead atoms. The van der Waals surface area contributed by atoms with Crippen molar-refractivity contribution in [2.45, 2.75) is 44.7 Å². The molecule has 2 amide bonds. The molecule has 140 valence electrons. The van der Waals surface area contributed by atoms with Gasteiger partial charge in [0.05, 0.1) is 6.04 Å². The minimum absolute atomic E-state index is 0.0338. The lowest BCUT2D eigenvalue weighted by Gasteiger charge is -2.29. The fourth-order valence-electron chi connectivity index (χ4n) is 4.12. The maximum Gasteiger partial charge on any atom is 0.227 e. The van der Waals surface area contributed by atoms with Gasteiger partial charge in [-0.05, 0) is 54.7 Å². The van der Waals surface area contributed by atoms with Crippen LogP contribution >= 0.6 is 0 Å². The molecule has 0 aromatic heterocycles. The monoisotopic (exact) mass is 363 g/mol. The molecule has 27 heavy (non-hydrogen) atoms. The van der Waals surface area contributed by atoms with Gasteiger partial charge in [0.2, 0.25) is 11.8 Å². The van der Waals surface area contributed by atoms with Gasteiger partial charge in [0.15, 0.2) is 0 Å². The molecule has 2 heterocycles. The van der Waals surface area contributed by atoms with Crippen LogP contribution in [0.1, 0.15) is 49.3 Å². The van der Waals surface area contributed by atoms with Gasteiger partial charge >= 0.3 is 0 Å². The minimum Gasteiger partial charge on any atom is -0.326 e. The van der Waals surface area contributed by atoms with Crippen molar-refractivity contribution in [3.05, 3.63) is 59.7 Å². The van der Waals surface area contributed by atoms with Gasteiger partial charge in [0.1, 0.15) is 0 Å². The quantitative estimate of drug-likeness (QED) is 0.904. The van der Waals surface area contributed by atoms with Crippen LogP contribution in [-0.4, -0.2) is 18.4 Å². The highest BCUT2D eigenvalue weighted by molar-refractivity contribution is 5.97. The van der Waals surface area contributed by atoms with E-state index in [1.165, 1.54) is 0 Å². The van der Waals surface area contributed by atoms with Gasteiger partial charge in [0, 0.05) is 37.3 Å². The van der Waals surface area contributed by atoms with Crippen LogP contribution in [0.5, 0.6) is 0 Å². The molecule has 0 aliphatic carbocycles. The zero-order valence-corrected chi connectivity index (χ0v) is 15.4. The number of amides is 2. The first-order chi connectivity index (χ1) is 13.2. The van der Waals surface area contributed by atoms with Gasteiger partial charge in [-0.2, -0.15) is 0 Å². The third-order valence-electron chi connectivity index (χ3n) is 5.55. The number of benzene rings is 2. The Labute approximate surface area is 159 Å². The molecule has 5 heteroatoms. The van der Waals surface area contributed by atoms with Crippen LogP contribution < -0.4 is 15.5 Å². The summed E-state index contributed by atoms with van der Waals surface area (Å²) in [6.45, 7) is 1.27. The molecule has 2 N–H and O–H groups in total. The van der Waals surface area contributed by atoms with E-state index in [-0.39, 0.29) is 17.9 Å². The molecule has 2 aromatic carbocycles. The molecule has 2 aliphatic rings. The van der Waals surface area contributed by atoms with Crippen molar-refractivity contribution >= 4 is 23.2 Å². The van der Waals surface area contributed by atoms with Crippen LogP contribution in [0.2, 0.25) is 0 Å². The molecule has 2 saturated heterocycles. The Bertz CT molecular complexity index is 847. The largest absolute Gasteiger partial charge is 0.326 e. The molecule has 4 rings (SSSR count). The van der Waals surface area contributed by atoms with E-state index >= 15 is 0 Å². The summed E-state index contributed by atoms with van der Waals surface area (Å²) >= 11 is 0. The van der Waals surface area contributed by atoms with Gasteiger partial charge in [-0.25, -0.2) is 0 Å². The molecule has 0 spiro atoms. The van der Waals surface area contributed by atoms with Crippen LogP contribution in [0.3, 0.4) is 0 Å². The van der Waals surface area contributed by atoms with Crippen LogP contribution in [0.4, 0.5) is 11.4 Å². The van der Waals surface area contributed by atoms with Gasteiger partial charge in [-0.15, -0.1) is 0 Å². The summed E-state index contributed by atoms with van der Waals surface area (Å²) in [5, 5.41) is 0. The smallest absolute Gasteiger partial charge is 0.227 e. The lowest BCUT2D eigenvalue weighted by atomic mass is 10.0. The first-order valence-electron chi connectivity index (χ1n) is 9.69. The van der Waals surface area contributed by atoms with Crippen LogP contribution in [-0.2, 0) is 16.1 Å². The van der Waals surface area contributed by atoms with Crippen molar-refractivity contribution in [1.29, 1.82) is 0 Å². The molecule has 0 radical (unpaired) electrons. The van der Waals surface area contributed by atoms with Crippen molar-refractivity contribution in [3.63, 3.8) is 0 Å². The Morgan fingerprint density at radius 3 is 2.44 bits per heavy atom. The molecule has 2 aromatic rings.